The van der Waals surface area contributed by atoms with E-state index < -0.39 is 15.8 Å². The van der Waals surface area contributed by atoms with Gasteiger partial charge in [-0.2, -0.15) is 10.4 Å². The van der Waals surface area contributed by atoms with Gasteiger partial charge in [-0.15, -0.1) is 0 Å². The van der Waals surface area contributed by atoms with Crippen molar-refractivity contribution in [1.29, 1.82) is 5.26 Å². The molecule has 0 unspecified atom stereocenters. The van der Waals surface area contributed by atoms with Crippen LogP contribution in [0, 0.1) is 11.3 Å². The van der Waals surface area contributed by atoms with E-state index in [0.29, 0.717) is 16.6 Å². The summed E-state index contributed by atoms with van der Waals surface area (Å²) in [5.74, 6) is -0.538. The summed E-state index contributed by atoms with van der Waals surface area (Å²) in [6.45, 7) is 0. The van der Waals surface area contributed by atoms with Crippen molar-refractivity contribution in [2.75, 3.05) is 5.43 Å². The molecular formula is C18H13N5O3S. The van der Waals surface area contributed by atoms with E-state index in [-0.39, 0.29) is 16.1 Å². The number of benzene rings is 2. The third kappa shape index (κ3) is 3.82. The van der Waals surface area contributed by atoms with E-state index in [0.717, 1.165) is 0 Å². The van der Waals surface area contributed by atoms with Crippen LogP contribution in [0.2, 0.25) is 0 Å². The standard InChI is InChI=1S/C18H13N5O3S/c19-11-15(18(24)12-5-2-1-3-6-12)23-22-14-8-9-16(27(20,25)26)13-7-4-10-21-17(13)14/h1-10,22H,(H2,20,25,26)/b23-15-. The van der Waals surface area contributed by atoms with Crippen molar-refractivity contribution < 1.29 is 13.2 Å². The molecule has 0 radical (unpaired) electrons. The molecular weight excluding hydrogens is 366 g/mol. The van der Waals surface area contributed by atoms with Gasteiger partial charge in [0.2, 0.25) is 21.5 Å². The molecule has 1 aromatic heterocycles. The van der Waals surface area contributed by atoms with Crippen molar-refractivity contribution in [2.24, 2.45) is 10.2 Å². The number of anilines is 1. The zero-order chi connectivity index (χ0) is 19.4. The number of rotatable bonds is 5. The Hall–Kier alpha value is -3.61. The molecule has 9 heteroatoms. The number of aromatic nitrogens is 1. The van der Waals surface area contributed by atoms with Gasteiger partial charge in [0.15, 0.2) is 0 Å². The smallest absolute Gasteiger partial charge is 0.238 e. The summed E-state index contributed by atoms with van der Waals surface area (Å²) >= 11 is 0. The molecule has 0 aliphatic carbocycles. The number of Topliss-reactive ketones (excluding diaryl/α,β-unsaturated/α-hetero) is 1. The zero-order valence-corrected chi connectivity index (χ0v) is 14.6. The Kier molecular flexibility index (Phi) is 4.94. The quantitative estimate of drug-likeness (QED) is 0.395. The molecule has 0 spiro atoms. The van der Waals surface area contributed by atoms with Crippen molar-refractivity contribution in [2.45, 2.75) is 4.90 Å². The SMILES string of the molecule is N#C/C(=N/Nc1ccc(S(N)(=O)=O)c2cccnc12)C(=O)c1ccccc1. The zero-order valence-electron chi connectivity index (χ0n) is 13.8. The third-order valence-corrected chi connectivity index (χ3v) is 4.65. The molecule has 0 aliphatic heterocycles. The second-order valence-electron chi connectivity index (χ2n) is 5.44. The number of nitriles is 1. The highest BCUT2D eigenvalue weighted by Crippen LogP contribution is 2.27. The van der Waals surface area contributed by atoms with Crippen LogP contribution in [-0.4, -0.2) is 24.9 Å². The lowest BCUT2D eigenvalue weighted by atomic mass is 10.1. The fourth-order valence-electron chi connectivity index (χ4n) is 2.45. The maximum atomic E-state index is 12.3. The van der Waals surface area contributed by atoms with Gasteiger partial charge in [-0.3, -0.25) is 15.2 Å². The van der Waals surface area contributed by atoms with Gasteiger partial charge in [0, 0.05) is 17.1 Å². The van der Waals surface area contributed by atoms with Crippen molar-refractivity contribution in [3.63, 3.8) is 0 Å². The summed E-state index contributed by atoms with van der Waals surface area (Å²) in [5, 5.41) is 18.6. The predicted octanol–water partition coefficient (Wildman–Crippen LogP) is 2.06. The van der Waals surface area contributed by atoms with E-state index in [9.17, 15) is 18.5 Å². The Morgan fingerprint density at radius 2 is 1.85 bits per heavy atom. The van der Waals surface area contributed by atoms with Crippen LogP contribution in [0.25, 0.3) is 10.9 Å². The van der Waals surface area contributed by atoms with Crippen LogP contribution in [0.4, 0.5) is 5.69 Å². The number of hydrazone groups is 1. The van der Waals surface area contributed by atoms with Crippen LogP contribution in [0.5, 0.6) is 0 Å². The minimum Gasteiger partial charge on any atom is -0.286 e. The topological polar surface area (TPSA) is 138 Å². The summed E-state index contributed by atoms with van der Waals surface area (Å²) in [6.07, 6.45) is 1.48. The largest absolute Gasteiger partial charge is 0.286 e. The molecule has 27 heavy (non-hydrogen) atoms. The number of fused-ring (bicyclic) bond motifs is 1. The summed E-state index contributed by atoms with van der Waals surface area (Å²) in [4.78, 5) is 16.4. The third-order valence-electron chi connectivity index (χ3n) is 3.68. The van der Waals surface area contributed by atoms with Crippen LogP contribution >= 0.6 is 0 Å². The Balaban J connectivity index is 2.01. The van der Waals surface area contributed by atoms with Gasteiger partial charge in [0.05, 0.1) is 16.1 Å². The Labute approximate surface area is 155 Å². The van der Waals surface area contributed by atoms with Crippen LogP contribution in [0.15, 0.2) is 70.8 Å². The lowest BCUT2D eigenvalue weighted by Crippen LogP contribution is -2.15. The highest BCUT2D eigenvalue weighted by molar-refractivity contribution is 7.89. The summed E-state index contributed by atoms with van der Waals surface area (Å²) in [7, 11) is -3.94. The number of nitrogens with one attached hydrogen (secondary N) is 1. The number of pyridine rings is 1. The molecule has 0 saturated heterocycles. The van der Waals surface area contributed by atoms with E-state index in [4.69, 9.17) is 5.14 Å². The van der Waals surface area contributed by atoms with E-state index in [1.54, 1.807) is 48.5 Å². The van der Waals surface area contributed by atoms with E-state index in [1.807, 2.05) is 0 Å². The van der Waals surface area contributed by atoms with Crippen molar-refractivity contribution in [3.05, 3.63) is 66.4 Å². The van der Waals surface area contributed by atoms with Crippen LogP contribution in [-0.2, 0) is 10.0 Å². The maximum Gasteiger partial charge on any atom is 0.238 e. The Morgan fingerprint density at radius 1 is 1.11 bits per heavy atom. The lowest BCUT2D eigenvalue weighted by molar-refractivity contribution is 0.106. The minimum atomic E-state index is -3.94. The van der Waals surface area contributed by atoms with Crippen molar-refractivity contribution in [3.8, 4) is 6.07 Å². The fraction of sp³-hybridized carbons (Fsp3) is 0. The normalized spacial score (nSPS) is 11.8. The number of carbonyl (C=O) groups is 1. The molecule has 3 N–H and O–H groups in total. The average Bonchev–Trinajstić information content (AvgIpc) is 2.68. The molecule has 0 saturated carbocycles. The first-order valence-corrected chi connectivity index (χ1v) is 9.20. The van der Waals surface area contributed by atoms with E-state index in [1.165, 1.54) is 18.3 Å². The highest BCUT2D eigenvalue weighted by atomic mass is 32.2. The molecule has 3 aromatic rings. The number of primary sulfonamides is 1. The first kappa shape index (κ1) is 18.2. The number of nitrogens with zero attached hydrogens (tertiary/aromatic N) is 3. The van der Waals surface area contributed by atoms with E-state index >= 15 is 0 Å². The van der Waals surface area contributed by atoms with Gasteiger partial charge in [0.1, 0.15) is 6.07 Å². The number of carbonyl (C=O) groups excluding carboxylic acids is 1. The fourth-order valence-corrected chi connectivity index (χ4v) is 3.18. The van der Waals surface area contributed by atoms with Gasteiger partial charge in [-0.25, -0.2) is 13.6 Å². The summed E-state index contributed by atoms with van der Waals surface area (Å²) < 4.78 is 23.5. The molecule has 0 fully saturated rings. The summed E-state index contributed by atoms with van der Waals surface area (Å²) in [6, 6.07) is 15.9. The van der Waals surface area contributed by atoms with Crippen molar-refractivity contribution in [1.82, 2.24) is 4.98 Å². The second kappa shape index (κ2) is 7.33. The molecule has 134 valence electrons. The molecule has 0 aliphatic rings. The lowest BCUT2D eigenvalue weighted by Gasteiger charge is -2.09. The molecule has 0 amide bonds. The van der Waals surface area contributed by atoms with Crippen LogP contribution < -0.4 is 10.6 Å². The Bertz CT molecular complexity index is 1200. The highest BCUT2D eigenvalue weighted by Gasteiger charge is 2.16. The number of hydrogen-bond acceptors (Lipinski definition) is 7. The van der Waals surface area contributed by atoms with Gasteiger partial charge >= 0.3 is 0 Å². The van der Waals surface area contributed by atoms with Gasteiger partial charge in [0.25, 0.3) is 0 Å². The van der Waals surface area contributed by atoms with Crippen molar-refractivity contribution >= 4 is 38.1 Å². The molecule has 2 aromatic carbocycles. The molecule has 3 rings (SSSR count). The van der Waals surface area contributed by atoms with Gasteiger partial charge in [-0.05, 0) is 24.3 Å². The average molecular weight is 379 g/mol. The monoisotopic (exact) mass is 379 g/mol. The maximum absolute atomic E-state index is 12.3. The number of hydrogen-bond donors (Lipinski definition) is 2. The molecule has 0 bridgehead atoms. The van der Waals surface area contributed by atoms with E-state index in [2.05, 4.69) is 15.5 Å². The van der Waals surface area contributed by atoms with Crippen LogP contribution in [0.1, 0.15) is 10.4 Å². The first-order chi connectivity index (χ1) is 12.9. The summed E-state index contributed by atoms with van der Waals surface area (Å²) in [5.41, 5.74) is 3.21. The molecule has 8 nitrogen and oxygen atoms in total. The minimum absolute atomic E-state index is 0.0824. The van der Waals surface area contributed by atoms with Crippen LogP contribution in [0.3, 0.4) is 0 Å². The Morgan fingerprint density at radius 3 is 2.52 bits per heavy atom. The predicted molar refractivity (Wildman–Crippen MR) is 101 cm³/mol. The number of sulfonamides is 1. The first-order valence-electron chi connectivity index (χ1n) is 7.66. The number of ketones is 1. The second-order valence-corrected chi connectivity index (χ2v) is 6.96. The van der Waals surface area contributed by atoms with Gasteiger partial charge in [-0.1, -0.05) is 30.3 Å². The molecule has 1 heterocycles. The molecule has 0 atom stereocenters. The van der Waals surface area contributed by atoms with Gasteiger partial charge < -0.3 is 0 Å². The number of nitrogens with two attached hydrogens (primary N) is 1.